The van der Waals surface area contributed by atoms with Gasteiger partial charge in [-0.3, -0.25) is 0 Å². The summed E-state index contributed by atoms with van der Waals surface area (Å²) in [4.78, 5) is 0. The molecule has 1 heterocycles. The molecule has 1 aliphatic heterocycles. The fourth-order valence-corrected chi connectivity index (χ4v) is 4.41. The Balaban J connectivity index is 1.74. The van der Waals surface area contributed by atoms with Gasteiger partial charge in [-0.2, -0.15) is 0 Å². The summed E-state index contributed by atoms with van der Waals surface area (Å²) in [6.07, 6.45) is 5.45. The summed E-state index contributed by atoms with van der Waals surface area (Å²) in [6.45, 7) is 9.36. The highest BCUT2D eigenvalue weighted by molar-refractivity contribution is 5.13. The summed E-state index contributed by atoms with van der Waals surface area (Å²) >= 11 is 0. The van der Waals surface area contributed by atoms with Gasteiger partial charge in [-0.15, -0.1) is 0 Å². The average Bonchev–Trinajstić information content (AvgIpc) is 2.84. The zero-order valence-corrected chi connectivity index (χ0v) is 10.9. The van der Waals surface area contributed by atoms with E-state index in [0.29, 0.717) is 16.9 Å². The Hall–Kier alpha value is -0.0800. The minimum absolute atomic E-state index is 0.514. The van der Waals surface area contributed by atoms with Gasteiger partial charge in [0.25, 0.3) is 0 Å². The number of ether oxygens (including phenoxy) is 1. The summed E-state index contributed by atoms with van der Waals surface area (Å²) in [5, 5.41) is 3.88. The molecule has 2 nitrogen and oxygen atoms in total. The van der Waals surface area contributed by atoms with Crippen LogP contribution >= 0.6 is 0 Å². The molecule has 92 valence electrons. The van der Waals surface area contributed by atoms with Crippen LogP contribution in [0.5, 0.6) is 0 Å². The van der Waals surface area contributed by atoms with Crippen molar-refractivity contribution in [2.45, 2.75) is 58.5 Å². The summed E-state index contributed by atoms with van der Waals surface area (Å²) in [6, 6.07) is 1.35. The molecule has 1 saturated heterocycles. The lowest BCUT2D eigenvalue weighted by molar-refractivity contribution is 0.112. The Morgan fingerprint density at radius 2 is 2.00 bits per heavy atom. The Morgan fingerprint density at radius 1 is 1.19 bits per heavy atom. The van der Waals surface area contributed by atoms with Crippen LogP contribution in [0.3, 0.4) is 0 Å². The fraction of sp³-hybridized carbons (Fsp3) is 1.00. The van der Waals surface area contributed by atoms with Gasteiger partial charge in [0.2, 0.25) is 0 Å². The normalized spacial score (nSPS) is 50.1. The Morgan fingerprint density at radius 3 is 2.50 bits per heavy atom. The van der Waals surface area contributed by atoms with Crippen molar-refractivity contribution in [1.29, 1.82) is 0 Å². The lowest BCUT2D eigenvalue weighted by Crippen LogP contribution is -2.48. The van der Waals surface area contributed by atoms with Crippen molar-refractivity contribution in [2.75, 3.05) is 13.2 Å². The smallest absolute Gasteiger partial charge is 0.0620 e. The second kappa shape index (κ2) is 3.46. The largest absolute Gasteiger partial charge is 0.380 e. The molecule has 4 atom stereocenters. The molecule has 3 fully saturated rings. The molecule has 2 aliphatic carbocycles. The first-order chi connectivity index (χ1) is 7.54. The molecule has 0 aromatic heterocycles. The third kappa shape index (κ3) is 1.32. The lowest BCUT2D eigenvalue weighted by atomic mass is 9.69. The van der Waals surface area contributed by atoms with Gasteiger partial charge in [0.15, 0.2) is 0 Å². The third-order valence-electron chi connectivity index (χ3n) is 6.16. The molecule has 1 N–H and O–H groups in total. The van der Waals surface area contributed by atoms with E-state index >= 15 is 0 Å². The maximum absolute atomic E-state index is 5.47. The van der Waals surface area contributed by atoms with Crippen molar-refractivity contribution >= 4 is 0 Å². The van der Waals surface area contributed by atoms with Crippen LogP contribution in [0.1, 0.15) is 46.5 Å². The second-order valence-electron chi connectivity index (χ2n) is 6.89. The van der Waals surface area contributed by atoms with E-state index in [1.807, 2.05) is 0 Å². The Bertz CT molecular complexity index is 282. The second-order valence-corrected chi connectivity index (χ2v) is 6.89. The van der Waals surface area contributed by atoms with Gasteiger partial charge in [-0.05, 0) is 42.4 Å². The molecule has 3 unspecified atom stereocenters. The van der Waals surface area contributed by atoms with Crippen molar-refractivity contribution in [2.24, 2.45) is 16.7 Å². The molecule has 0 radical (unpaired) electrons. The molecule has 2 heteroatoms. The quantitative estimate of drug-likeness (QED) is 0.777. The predicted molar refractivity (Wildman–Crippen MR) is 65.4 cm³/mol. The van der Waals surface area contributed by atoms with E-state index in [-0.39, 0.29) is 0 Å². The van der Waals surface area contributed by atoms with E-state index in [4.69, 9.17) is 4.74 Å². The van der Waals surface area contributed by atoms with Crippen LogP contribution in [0.25, 0.3) is 0 Å². The number of nitrogens with one attached hydrogen (secondary N) is 1. The van der Waals surface area contributed by atoms with Crippen LogP contribution in [-0.4, -0.2) is 25.3 Å². The first-order valence-electron chi connectivity index (χ1n) is 6.88. The van der Waals surface area contributed by atoms with Crippen molar-refractivity contribution in [1.82, 2.24) is 5.32 Å². The minimum Gasteiger partial charge on any atom is -0.380 e. The molecule has 0 aromatic carbocycles. The maximum Gasteiger partial charge on any atom is 0.0620 e. The Kier molecular flexibility index (Phi) is 2.38. The molecule has 16 heavy (non-hydrogen) atoms. The highest BCUT2D eigenvalue weighted by Crippen LogP contribution is 2.65. The Labute approximate surface area is 99.1 Å². The summed E-state index contributed by atoms with van der Waals surface area (Å²) in [7, 11) is 0. The van der Waals surface area contributed by atoms with Gasteiger partial charge >= 0.3 is 0 Å². The van der Waals surface area contributed by atoms with E-state index in [1.54, 1.807) is 0 Å². The van der Waals surface area contributed by atoms with Crippen LogP contribution in [0.4, 0.5) is 0 Å². The SMILES string of the molecule is CC1(C)C2CC[C@@]1(C)C(NC1CCOC1)C2. The van der Waals surface area contributed by atoms with Crippen LogP contribution in [-0.2, 0) is 4.74 Å². The maximum atomic E-state index is 5.47. The van der Waals surface area contributed by atoms with Crippen LogP contribution in [0.15, 0.2) is 0 Å². The number of fused-ring (bicyclic) bond motifs is 2. The fourth-order valence-electron chi connectivity index (χ4n) is 4.41. The average molecular weight is 223 g/mol. The monoisotopic (exact) mass is 223 g/mol. The van der Waals surface area contributed by atoms with Gasteiger partial charge in [0, 0.05) is 18.7 Å². The van der Waals surface area contributed by atoms with Gasteiger partial charge in [-0.25, -0.2) is 0 Å². The van der Waals surface area contributed by atoms with Crippen molar-refractivity contribution in [3.8, 4) is 0 Å². The minimum atomic E-state index is 0.514. The predicted octanol–water partition coefficient (Wildman–Crippen LogP) is 2.58. The summed E-state index contributed by atoms with van der Waals surface area (Å²) in [5.74, 6) is 0.942. The van der Waals surface area contributed by atoms with Crippen molar-refractivity contribution in [3.05, 3.63) is 0 Å². The molecular formula is C14H25NO. The van der Waals surface area contributed by atoms with E-state index in [2.05, 4.69) is 26.1 Å². The number of hydrogen-bond donors (Lipinski definition) is 1. The molecule has 2 saturated carbocycles. The van der Waals surface area contributed by atoms with Crippen LogP contribution in [0.2, 0.25) is 0 Å². The van der Waals surface area contributed by atoms with Gasteiger partial charge < -0.3 is 10.1 Å². The van der Waals surface area contributed by atoms with E-state index in [9.17, 15) is 0 Å². The lowest BCUT2D eigenvalue weighted by Gasteiger charge is -2.40. The van der Waals surface area contributed by atoms with Crippen LogP contribution in [0, 0.1) is 16.7 Å². The number of rotatable bonds is 2. The first kappa shape index (κ1) is 11.0. The zero-order valence-electron chi connectivity index (χ0n) is 10.9. The number of hydrogen-bond acceptors (Lipinski definition) is 2. The first-order valence-corrected chi connectivity index (χ1v) is 6.88. The highest BCUT2D eigenvalue weighted by atomic mass is 16.5. The van der Waals surface area contributed by atoms with E-state index in [0.717, 1.165) is 25.2 Å². The highest BCUT2D eigenvalue weighted by Gasteiger charge is 2.61. The molecule has 3 rings (SSSR count). The molecule has 0 amide bonds. The van der Waals surface area contributed by atoms with Crippen LogP contribution < -0.4 is 5.32 Å². The van der Waals surface area contributed by atoms with Gasteiger partial charge in [-0.1, -0.05) is 20.8 Å². The summed E-state index contributed by atoms with van der Waals surface area (Å²) in [5.41, 5.74) is 1.05. The molecule has 0 aromatic rings. The third-order valence-corrected chi connectivity index (χ3v) is 6.16. The van der Waals surface area contributed by atoms with Crippen molar-refractivity contribution in [3.63, 3.8) is 0 Å². The molecule has 3 aliphatic rings. The van der Waals surface area contributed by atoms with E-state index < -0.39 is 0 Å². The molecular weight excluding hydrogens is 198 g/mol. The zero-order chi connectivity index (χ0) is 11.4. The summed E-state index contributed by atoms with van der Waals surface area (Å²) < 4.78 is 5.47. The van der Waals surface area contributed by atoms with Crippen molar-refractivity contribution < 1.29 is 4.74 Å². The van der Waals surface area contributed by atoms with Gasteiger partial charge in [0.1, 0.15) is 0 Å². The van der Waals surface area contributed by atoms with E-state index in [1.165, 1.54) is 25.7 Å². The van der Waals surface area contributed by atoms with Gasteiger partial charge in [0.05, 0.1) is 6.61 Å². The topological polar surface area (TPSA) is 21.3 Å². The molecule has 0 spiro atoms. The standard InChI is InChI=1S/C14H25NO/c1-13(2)10-4-6-14(13,3)12(8-10)15-11-5-7-16-9-11/h10-12,15H,4-9H2,1-3H3/t10?,11?,12?,14-/m0/s1. The molecule has 2 bridgehead atoms.